The Bertz CT molecular complexity index is 592. The highest BCUT2D eigenvalue weighted by Gasteiger charge is 2.33. The van der Waals surface area contributed by atoms with Crippen molar-refractivity contribution in [2.75, 3.05) is 5.32 Å². The summed E-state index contributed by atoms with van der Waals surface area (Å²) in [6.45, 7) is 1.29. The van der Waals surface area contributed by atoms with Gasteiger partial charge in [-0.1, -0.05) is 11.2 Å². The third-order valence-corrected chi connectivity index (χ3v) is 2.56. The molecular weight excluding hydrogens is 261 g/mol. The van der Waals surface area contributed by atoms with Crippen molar-refractivity contribution in [3.8, 4) is 0 Å². The minimum Gasteiger partial charge on any atom is -0.364 e. The van der Waals surface area contributed by atoms with Crippen LogP contribution in [0.2, 0.25) is 0 Å². The van der Waals surface area contributed by atoms with Gasteiger partial charge in [0, 0.05) is 11.8 Å². The van der Waals surface area contributed by atoms with Gasteiger partial charge in [-0.05, 0) is 24.6 Å². The Morgan fingerprint density at radius 3 is 2.63 bits per heavy atom. The summed E-state index contributed by atoms with van der Waals surface area (Å²) in [6.07, 6.45) is -3.26. The van der Waals surface area contributed by atoms with Crippen molar-refractivity contribution in [2.45, 2.75) is 13.1 Å². The molecule has 2 rings (SSSR count). The van der Waals surface area contributed by atoms with E-state index in [0.717, 1.165) is 6.07 Å². The first-order valence-electron chi connectivity index (χ1n) is 5.28. The second-order valence-electron chi connectivity index (χ2n) is 3.81. The number of anilines is 1. The highest BCUT2D eigenvalue weighted by molar-refractivity contribution is 6.03. The van der Waals surface area contributed by atoms with Crippen LogP contribution in [0.3, 0.4) is 0 Å². The van der Waals surface area contributed by atoms with Crippen LogP contribution in [0, 0.1) is 6.92 Å². The number of hydrogen-bond acceptors (Lipinski definition) is 3. The molecule has 1 amide bonds. The molecule has 0 unspecified atom stereocenters. The highest BCUT2D eigenvalue weighted by Crippen LogP contribution is 2.34. The molecule has 0 aliphatic carbocycles. The summed E-state index contributed by atoms with van der Waals surface area (Å²) in [5.41, 5.74) is -0.753. The molecule has 0 atom stereocenters. The lowest BCUT2D eigenvalue weighted by molar-refractivity contribution is -0.138. The van der Waals surface area contributed by atoms with E-state index in [2.05, 4.69) is 15.0 Å². The molecule has 0 fully saturated rings. The minimum absolute atomic E-state index is 0.00295. The van der Waals surface area contributed by atoms with Crippen molar-refractivity contribution < 1.29 is 22.5 Å². The normalized spacial score (nSPS) is 11.4. The summed E-state index contributed by atoms with van der Waals surface area (Å²) >= 11 is 0. The largest absolute Gasteiger partial charge is 0.416 e. The lowest BCUT2D eigenvalue weighted by Crippen LogP contribution is -2.15. The average Bonchev–Trinajstić information content (AvgIpc) is 2.83. The van der Waals surface area contributed by atoms with Gasteiger partial charge in [0.1, 0.15) is 6.26 Å². The molecule has 100 valence electrons. The van der Waals surface area contributed by atoms with Crippen molar-refractivity contribution in [3.63, 3.8) is 0 Å². The van der Waals surface area contributed by atoms with E-state index in [1.807, 2.05) is 0 Å². The summed E-state index contributed by atoms with van der Waals surface area (Å²) in [5, 5.41) is 5.77. The maximum atomic E-state index is 12.7. The zero-order valence-electron chi connectivity index (χ0n) is 9.78. The van der Waals surface area contributed by atoms with Gasteiger partial charge in [0.2, 0.25) is 0 Å². The number of amides is 1. The van der Waals surface area contributed by atoms with Crippen LogP contribution in [0.1, 0.15) is 21.6 Å². The molecule has 1 N–H and O–H groups in total. The molecule has 0 bridgehead atoms. The molecule has 0 aliphatic rings. The van der Waals surface area contributed by atoms with Crippen molar-refractivity contribution in [1.82, 2.24) is 5.16 Å². The SMILES string of the molecule is Cc1c(NC(=O)c2ccon2)cccc1C(F)(F)F. The Balaban J connectivity index is 2.29. The fourth-order valence-corrected chi connectivity index (χ4v) is 1.59. The van der Waals surface area contributed by atoms with E-state index in [9.17, 15) is 18.0 Å². The van der Waals surface area contributed by atoms with Crippen LogP contribution in [0.25, 0.3) is 0 Å². The van der Waals surface area contributed by atoms with Crippen molar-refractivity contribution >= 4 is 11.6 Å². The van der Waals surface area contributed by atoms with E-state index < -0.39 is 17.6 Å². The van der Waals surface area contributed by atoms with E-state index in [-0.39, 0.29) is 16.9 Å². The first-order chi connectivity index (χ1) is 8.89. The van der Waals surface area contributed by atoms with Gasteiger partial charge in [-0.3, -0.25) is 4.79 Å². The quantitative estimate of drug-likeness (QED) is 0.911. The van der Waals surface area contributed by atoms with Crippen LogP contribution in [0.4, 0.5) is 18.9 Å². The summed E-state index contributed by atoms with van der Waals surface area (Å²) in [4.78, 5) is 11.7. The third kappa shape index (κ3) is 2.75. The topological polar surface area (TPSA) is 55.1 Å². The Labute approximate surface area is 106 Å². The number of alkyl halides is 3. The Hall–Kier alpha value is -2.31. The molecule has 19 heavy (non-hydrogen) atoms. The molecule has 0 saturated carbocycles. The number of carbonyl (C=O) groups excluding carboxylic acids is 1. The summed E-state index contributed by atoms with van der Waals surface area (Å²) in [7, 11) is 0. The minimum atomic E-state index is -4.46. The lowest BCUT2D eigenvalue weighted by atomic mass is 10.1. The number of carbonyl (C=O) groups is 1. The molecule has 7 heteroatoms. The monoisotopic (exact) mass is 270 g/mol. The first kappa shape index (κ1) is 13.1. The second kappa shape index (κ2) is 4.75. The Morgan fingerprint density at radius 2 is 2.05 bits per heavy atom. The number of nitrogens with one attached hydrogen (secondary N) is 1. The maximum Gasteiger partial charge on any atom is 0.416 e. The van der Waals surface area contributed by atoms with E-state index in [4.69, 9.17) is 0 Å². The molecule has 1 aromatic heterocycles. The Morgan fingerprint density at radius 1 is 1.32 bits per heavy atom. The zero-order valence-corrected chi connectivity index (χ0v) is 9.78. The van der Waals surface area contributed by atoms with Crippen LogP contribution < -0.4 is 5.32 Å². The van der Waals surface area contributed by atoms with Crippen molar-refractivity contribution in [3.05, 3.63) is 47.3 Å². The van der Waals surface area contributed by atoms with E-state index in [1.165, 1.54) is 31.4 Å². The summed E-state index contributed by atoms with van der Waals surface area (Å²) < 4.78 is 42.6. The van der Waals surface area contributed by atoms with E-state index >= 15 is 0 Å². The highest BCUT2D eigenvalue weighted by atomic mass is 19.4. The second-order valence-corrected chi connectivity index (χ2v) is 3.81. The predicted octanol–water partition coefficient (Wildman–Crippen LogP) is 3.25. The molecule has 0 radical (unpaired) electrons. The van der Waals surface area contributed by atoms with Gasteiger partial charge in [-0.15, -0.1) is 0 Å². The lowest BCUT2D eigenvalue weighted by Gasteiger charge is -2.14. The van der Waals surface area contributed by atoms with Crippen molar-refractivity contribution in [2.24, 2.45) is 0 Å². The predicted molar refractivity (Wildman–Crippen MR) is 60.6 cm³/mol. The first-order valence-corrected chi connectivity index (χ1v) is 5.28. The zero-order chi connectivity index (χ0) is 14.0. The number of halogens is 3. The maximum absolute atomic E-state index is 12.7. The fraction of sp³-hybridized carbons (Fsp3) is 0.167. The molecule has 0 saturated heterocycles. The van der Waals surface area contributed by atoms with Crippen LogP contribution >= 0.6 is 0 Å². The molecule has 1 aromatic carbocycles. The number of nitrogens with zero attached hydrogens (tertiary/aromatic N) is 1. The average molecular weight is 270 g/mol. The van der Waals surface area contributed by atoms with Crippen LogP contribution in [-0.2, 0) is 6.18 Å². The van der Waals surface area contributed by atoms with Gasteiger partial charge in [-0.25, -0.2) is 0 Å². The number of hydrogen-bond donors (Lipinski definition) is 1. The number of rotatable bonds is 2. The smallest absolute Gasteiger partial charge is 0.364 e. The molecule has 0 aliphatic heterocycles. The molecule has 4 nitrogen and oxygen atoms in total. The van der Waals surface area contributed by atoms with E-state index in [1.54, 1.807) is 0 Å². The van der Waals surface area contributed by atoms with Gasteiger partial charge in [0.05, 0.1) is 5.56 Å². The van der Waals surface area contributed by atoms with Gasteiger partial charge < -0.3 is 9.84 Å². The van der Waals surface area contributed by atoms with Gasteiger partial charge >= 0.3 is 6.18 Å². The van der Waals surface area contributed by atoms with Crippen LogP contribution in [0.15, 0.2) is 35.1 Å². The molecule has 1 heterocycles. The van der Waals surface area contributed by atoms with Crippen LogP contribution in [-0.4, -0.2) is 11.1 Å². The Kier molecular flexibility index (Phi) is 3.28. The molecular formula is C12H9F3N2O2. The molecule has 0 spiro atoms. The summed E-state index contributed by atoms with van der Waals surface area (Å²) in [6, 6.07) is 4.90. The van der Waals surface area contributed by atoms with Gasteiger partial charge in [0.25, 0.3) is 5.91 Å². The van der Waals surface area contributed by atoms with E-state index in [0.29, 0.717) is 0 Å². The number of benzene rings is 1. The van der Waals surface area contributed by atoms with Crippen molar-refractivity contribution in [1.29, 1.82) is 0 Å². The summed E-state index contributed by atoms with van der Waals surface area (Å²) in [5.74, 6) is -0.629. The standard InChI is InChI=1S/C12H9F3N2O2/c1-7-8(12(13,14)15)3-2-4-9(7)16-11(18)10-5-6-19-17-10/h2-6H,1H3,(H,16,18). The van der Waals surface area contributed by atoms with Gasteiger partial charge in [-0.2, -0.15) is 13.2 Å². The van der Waals surface area contributed by atoms with Gasteiger partial charge in [0.15, 0.2) is 5.69 Å². The molecule has 2 aromatic rings. The fourth-order valence-electron chi connectivity index (χ4n) is 1.59. The van der Waals surface area contributed by atoms with Crippen LogP contribution in [0.5, 0.6) is 0 Å². The number of aromatic nitrogens is 1. The third-order valence-electron chi connectivity index (χ3n) is 2.56.